The lowest BCUT2D eigenvalue weighted by Gasteiger charge is -2.39. The fourth-order valence-corrected chi connectivity index (χ4v) is 6.62. The van der Waals surface area contributed by atoms with Gasteiger partial charge in [0, 0.05) is 29.3 Å². The van der Waals surface area contributed by atoms with Gasteiger partial charge in [0.25, 0.3) is 0 Å². The molecule has 19 heavy (non-hydrogen) atoms. The molecule has 1 saturated carbocycles. The van der Waals surface area contributed by atoms with Crippen LogP contribution in [0.1, 0.15) is 45.4 Å². The number of ketones is 1. The fraction of sp³-hybridized carbons (Fsp3) is 0.933. The van der Waals surface area contributed by atoms with Crippen molar-refractivity contribution in [2.75, 3.05) is 18.1 Å². The maximum absolute atomic E-state index is 12.8. The molecule has 108 valence electrons. The molecule has 3 fully saturated rings. The molecule has 0 bridgehead atoms. The molecule has 3 rings (SSSR count). The zero-order valence-electron chi connectivity index (χ0n) is 11.7. The Kier molecular flexibility index (Phi) is 4.50. The standard InChI is InChI=1S/C15H24O2S2/c1-11-14(19-9-8-18-11)13(16)12-4-7-17-15(10-12)5-2-3-6-15/h11-12,14H,2-10H2,1H3. The van der Waals surface area contributed by atoms with E-state index in [0.29, 0.717) is 11.0 Å². The minimum atomic E-state index is 0.0777. The van der Waals surface area contributed by atoms with Crippen molar-refractivity contribution in [2.24, 2.45) is 5.92 Å². The molecule has 0 N–H and O–H groups in total. The highest BCUT2D eigenvalue weighted by atomic mass is 32.2. The van der Waals surface area contributed by atoms with Gasteiger partial charge in [0.05, 0.1) is 10.9 Å². The van der Waals surface area contributed by atoms with Gasteiger partial charge in [-0.2, -0.15) is 11.8 Å². The molecule has 2 aliphatic heterocycles. The smallest absolute Gasteiger partial charge is 0.150 e. The van der Waals surface area contributed by atoms with Gasteiger partial charge in [0.2, 0.25) is 0 Å². The van der Waals surface area contributed by atoms with E-state index < -0.39 is 0 Å². The Morgan fingerprint density at radius 2 is 1.95 bits per heavy atom. The summed E-state index contributed by atoms with van der Waals surface area (Å²) in [6.45, 7) is 3.03. The van der Waals surface area contributed by atoms with E-state index in [-0.39, 0.29) is 16.8 Å². The fourth-order valence-electron chi connectivity index (χ4n) is 3.82. The second kappa shape index (κ2) is 5.98. The van der Waals surface area contributed by atoms with Gasteiger partial charge in [0.15, 0.2) is 0 Å². The van der Waals surface area contributed by atoms with E-state index in [0.717, 1.165) is 25.2 Å². The zero-order valence-corrected chi connectivity index (χ0v) is 13.4. The predicted octanol–water partition coefficient (Wildman–Crippen LogP) is 3.53. The van der Waals surface area contributed by atoms with Crippen LogP contribution < -0.4 is 0 Å². The summed E-state index contributed by atoms with van der Waals surface area (Å²) in [5.74, 6) is 3.14. The molecular formula is C15H24O2S2. The number of hydrogen-bond donors (Lipinski definition) is 0. The van der Waals surface area contributed by atoms with Crippen LogP contribution >= 0.6 is 23.5 Å². The maximum Gasteiger partial charge on any atom is 0.150 e. The summed E-state index contributed by atoms with van der Waals surface area (Å²) in [5.41, 5.74) is 0.0777. The van der Waals surface area contributed by atoms with Crippen LogP contribution in [0.3, 0.4) is 0 Å². The Morgan fingerprint density at radius 1 is 1.21 bits per heavy atom. The number of rotatable bonds is 2. The summed E-state index contributed by atoms with van der Waals surface area (Å²) in [5, 5.41) is 0.730. The van der Waals surface area contributed by atoms with Crippen LogP contribution in [0, 0.1) is 5.92 Å². The number of hydrogen-bond acceptors (Lipinski definition) is 4. The van der Waals surface area contributed by atoms with Gasteiger partial charge in [-0.05, 0) is 25.7 Å². The number of thioether (sulfide) groups is 2. The normalized spacial score (nSPS) is 38.5. The average molecular weight is 300 g/mol. The van der Waals surface area contributed by atoms with Gasteiger partial charge >= 0.3 is 0 Å². The van der Waals surface area contributed by atoms with E-state index in [9.17, 15) is 4.79 Å². The van der Waals surface area contributed by atoms with Gasteiger partial charge in [-0.3, -0.25) is 4.79 Å². The summed E-state index contributed by atoms with van der Waals surface area (Å²) in [6, 6.07) is 0. The lowest BCUT2D eigenvalue weighted by atomic mass is 9.81. The maximum atomic E-state index is 12.8. The van der Waals surface area contributed by atoms with Crippen molar-refractivity contribution >= 4 is 29.3 Å². The third-order valence-electron chi connectivity index (χ3n) is 4.88. The van der Waals surface area contributed by atoms with Crippen molar-refractivity contribution < 1.29 is 9.53 Å². The van der Waals surface area contributed by atoms with Gasteiger partial charge < -0.3 is 4.74 Å². The quantitative estimate of drug-likeness (QED) is 0.779. The first-order valence-corrected chi connectivity index (χ1v) is 9.71. The summed E-state index contributed by atoms with van der Waals surface area (Å²) in [7, 11) is 0. The molecule has 1 aliphatic carbocycles. The van der Waals surface area contributed by atoms with Gasteiger partial charge in [-0.15, -0.1) is 11.8 Å². The second-order valence-corrected chi connectivity index (χ2v) is 8.93. The van der Waals surface area contributed by atoms with Crippen LogP contribution in [0.5, 0.6) is 0 Å². The predicted molar refractivity (Wildman–Crippen MR) is 83.0 cm³/mol. The number of ether oxygens (including phenoxy) is 1. The van der Waals surface area contributed by atoms with Crippen molar-refractivity contribution in [3.8, 4) is 0 Å². The highest BCUT2D eigenvalue weighted by molar-refractivity contribution is 8.07. The molecule has 0 radical (unpaired) electrons. The minimum absolute atomic E-state index is 0.0777. The molecule has 2 saturated heterocycles. The Bertz CT molecular complexity index is 339. The lowest BCUT2D eigenvalue weighted by Crippen LogP contribution is -2.44. The molecule has 3 unspecified atom stereocenters. The highest BCUT2D eigenvalue weighted by Crippen LogP contribution is 2.44. The minimum Gasteiger partial charge on any atom is -0.375 e. The molecule has 4 heteroatoms. The molecule has 1 spiro atoms. The molecule has 0 aromatic rings. The van der Waals surface area contributed by atoms with E-state index in [2.05, 4.69) is 6.92 Å². The first-order valence-electron chi connectivity index (χ1n) is 7.61. The van der Waals surface area contributed by atoms with Crippen LogP contribution in [-0.2, 0) is 9.53 Å². The van der Waals surface area contributed by atoms with Gasteiger partial charge in [0.1, 0.15) is 5.78 Å². The Hall–Kier alpha value is 0.330. The van der Waals surface area contributed by atoms with Crippen molar-refractivity contribution in [3.63, 3.8) is 0 Å². The largest absolute Gasteiger partial charge is 0.375 e. The molecule has 0 aromatic heterocycles. The van der Waals surface area contributed by atoms with Crippen molar-refractivity contribution in [3.05, 3.63) is 0 Å². The Balaban J connectivity index is 1.65. The topological polar surface area (TPSA) is 26.3 Å². The molecule has 2 nitrogen and oxygen atoms in total. The van der Waals surface area contributed by atoms with Crippen LogP contribution in [-0.4, -0.2) is 40.0 Å². The lowest BCUT2D eigenvalue weighted by molar-refractivity contribution is -0.135. The van der Waals surface area contributed by atoms with Crippen LogP contribution in [0.25, 0.3) is 0 Å². The molecule has 2 heterocycles. The summed E-state index contributed by atoms with van der Waals surface area (Å²) < 4.78 is 6.06. The van der Waals surface area contributed by atoms with Crippen LogP contribution in [0.2, 0.25) is 0 Å². The van der Waals surface area contributed by atoms with Crippen molar-refractivity contribution in [2.45, 2.75) is 61.5 Å². The molecule has 3 atom stereocenters. The third kappa shape index (κ3) is 3.01. The average Bonchev–Trinajstić information content (AvgIpc) is 2.86. The molecule has 0 amide bonds. The van der Waals surface area contributed by atoms with Crippen LogP contribution in [0.4, 0.5) is 0 Å². The first kappa shape index (κ1) is 14.3. The Labute approximate surface area is 124 Å². The van der Waals surface area contributed by atoms with E-state index in [1.54, 1.807) is 0 Å². The molecular weight excluding hydrogens is 276 g/mol. The van der Waals surface area contributed by atoms with Crippen molar-refractivity contribution in [1.29, 1.82) is 0 Å². The molecule has 0 aromatic carbocycles. The number of carbonyl (C=O) groups is 1. The zero-order chi connectivity index (χ0) is 13.3. The van der Waals surface area contributed by atoms with E-state index >= 15 is 0 Å². The van der Waals surface area contributed by atoms with E-state index in [1.807, 2.05) is 23.5 Å². The summed E-state index contributed by atoms with van der Waals surface area (Å²) >= 11 is 3.86. The van der Waals surface area contributed by atoms with Gasteiger partial charge in [-0.25, -0.2) is 0 Å². The number of Topliss-reactive ketones (excluding diaryl/α,β-unsaturated/α-hetero) is 1. The monoisotopic (exact) mass is 300 g/mol. The van der Waals surface area contributed by atoms with Crippen molar-refractivity contribution in [1.82, 2.24) is 0 Å². The number of carbonyl (C=O) groups excluding carboxylic acids is 1. The second-order valence-electron chi connectivity index (χ2n) is 6.20. The van der Waals surface area contributed by atoms with E-state index in [1.165, 1.54) is 31.4 Å². The van der Waals surface area contributed by atoms with Gasteiger partial charge in [-0.1, -0.05) is 19.8 Å². The summed E-state index contributed by atoms with van der Waals surface area (Å²) in [4.78, 5) is 12.8. The Morgan fingerprint density at radius 3 is 2.68 bits per heavy atom. The summed E-state index contributed by atoms with van der Waals surface area (Å²) in [6.07, 6.45) is 6.88. The van der Waals surface area contributed by atoms with Crippen LogP contribution in [0.15, 0.2) is 0 Å². The van der Waals surface area contributed by atoms with E-state index in [4.69, 9.17) is 4.74 Å². The SMILES string of the molecule is CC1SCCSC1C(=O)C1CCOC2(CCCC2)C1. The third-order valence-corrected chi connectivity index (χ3v) is 7.99. The first-order chi connectivity index (χ1) is 9.20. The highest BCUT2D eigenvalue weighted by Gasteiger charge is 2.44. The molecule has 3 aliphatic rings.